The van der Waals surface area contributed by atoms with Crippen molar-refractivity contribution < 1.29 is 14.7 Å². The van der Waals surface area contributed by atoms with Crippen LogP contribution < -0.4 is 5.32 Å². The number of carbonyl (C=O) groups excluding carboxylic acids is 1. The van der Waals surface area contributed by atoms with Gasteiger partial charge in [-0.15, -0.1) is 0 Å². The predicted octanol–water partition coefficient (Wildman–Crippen LogP) is 7.17. The molecule has 0 saturated carbocycles. The largest absolute Gasteiger partial charge is 0.481 e. The fraction of sp³-hybridized carbons (Fsp3) is 0.923. The number of carboxylic acid groups (broad SMARTS) is 1. The minimum absolute atomic E-state index is 0.0466. The Labute approximate surface area is 197 Å². The highest BCUT2D eigenvalue weighted by atomic mass is 32.2. The van der Waals surface area contributed by atoms with Gasteiger partial charge in [0.1, 0.15) is 0 Å². The van der Waals surface area contributed by atoms with Crippen LogP contribution in [-0.4, -0.2) is 35.0 Å². The average molecular weight is 458 g/mol. The van der Waals surface area contributed by atoms with Gasteiger partial charge in [0.2, 0.25) is 5.91 Å². The van der Waals surface area contributed by atoms with E-state index in [-0.39, 0.29) is 5.91 Å². The topological polar surface area (TPSA) is 66.4 Å². The molecule has 5 heteroatoms. The summed E-state index contributed by atoms with van der Waals surface area (Å²) < 4.78 is 0. The van der Waals surface area contributed by atoms with E-state index in [1.165, 1.54) is 57.8 Å². The first-order chi connectivity index (χ1) is 14.5. The van der Waals surface area contributed by atoms with Crippen LogP contribution in [0.15, 0.2) is 0 Å². The van der Waals surface area contributed by atoms with Crippen LogP contribution in [0.1, 0.15) is 113 Å². The van der Waals surface area contributed by atoms with E-state index >= 15 is 0 Å². The molecule has 0 aromatic rings. The Morgan fingerprint density at radius 2 is 1.58 bits per heavy atom. The van der Waals surface area contributed by atoms with Crippen molar-refractivity contribution in [2.75, 3.05) is 18.1 Å². The molecule has 2 atom stereocenters. The van der Waals surface area contributed by atoms with Gasteiger partial charge in [0, 0.05) is 17.7 Å². The van der Waals surface area contributed by atoms with Crippen LogP contribution in [0, 0.1) is 22.7 Å². The van der Waals surface area contributed by atoms with Crippen LogP contribution in [0.5, 0.6) is 0 Å². The Bertz CT molecular complexity index is 505. The van der Waals surface area contributed by atoms with Crippen molar-refractivity contribution in [1.82, 2.24) is 5.32 Å². The van der Waals surface area contributed by atoms with Crippen LogP contribution >= 0.6 is 11.8 Å². The monoisotopic (exact) mass is 457 g/mol. The molecule has 1 amide bonds. The molecule has 0 heterocycles. The van der Waals surface area contributed by atoms with Crippen LogP contribution in [0.2, 0.25) is 0 Å². The van der Waals surface area contributed by atoms with Crippen molar-refractivity contribution in [2.45, 2.75) is 113 Å². The maximum Gasteiger partial charge on any atom is 0.306 e. The van der Waals surface area contributed by atoms with Crippen LogP contribution in [0.4, 0.5) is 0 Å². The standard InChI is InChI=1S/C26H51NO3S/c1-8-10-11-12-14-22(25(4,5)16-9-2)15-13-18-31-19-17-27-24(30)26(6,7)20-21(3)23(28)29/h21-22H,8-20H2,1-7H3,(H,27,30)(H,28,29). The van der Waals surface area contributed by atoms with Crippen molar-refractivity contribution >= 4 is 23.6 Å². The predicted molar refractivity (Wildman–Crippen MR) is 136 cm³/mol. The number of thioether (sulfide) groups is 1. The third-order valence-electron chi connectivity index (χ3n) is 6.63. The SMILES string of the molecule is CCCCCCC(CCCSCCNC(=O)C(C)(C)CC(C)C(=O)O)C(C)(C)CCC. The molecule has 0 aliphatic heterocycles. The quantitative estimate of drug-likeness (QED) is 0.202. The average Bonchev–Trinajstić information content (AvgIpc) is 2.67. The van der Waals surface area contributed by atoms with Gasteiger partial charge in [0.25, 0.3) is 0 Å². The zero-order valence-corrected chi connectivity index (χ0v) is 22.3. The number of hydrogen-bond donors (Lipinski definition) is 2. The number of unbranched alkanes of at least 4 members (excludes halogenated alkanes) is 3. The molecule has 0 rings (SSSR count). The fourth-order valence-electron chi connectivity index (χ4n) is 4.55. The molecule has 2 unspecified atom stereocenters. The normalized spacial score (nSPS) is 14.3. The summed E-state index contributed by atoms with van der Waals surface area (Å²) in [5.41, 5.74) is -0.226. The minimum atomic E-state index is -0.845. The molecule has 31 heavy (non-hydrogen) atoms. The van der Waals surface area contributed by atoms with E-state index in [1.54, 1.807) is 6.92 Å². The molecule has 0 aliphatic rings. The first-order valence-corrected chi connectivity index (χ1v) is 13.7. The Kier molecular flexibility index (Phi) is 15.6. The second kappa shape index (κ2) is 16.0. The molecule has 2 N–H and O–H groups in total. The first kappa shape index (κ1) is 30.3. The van der Waals surface area contributed by atoms with Crippen molar-refractivity contribution in [3.8, 4) is 0 Å². The number of carboxylic acids is 1. The van der Waals surface area contributed by atoms with Gasteiger partial charge >= 0.3 is 5.97 Å². The zero-order chi connectivity index (χ0) is 23.9. The van der Waals surface area contributed by atoms with E-state index in [4.69, 9.17) is 5.11 Å². The first-order valence-electron chi connectivity index (χ1n) is 12.6. The molecule has 0 spiro atoms. The fourth-order valence-corrected chi connectivity index (χ4v) is 5.37. The lowest BCUT2D eigenvalue weighted by Gasteiger charge is -2.35. The highest BCUT2D eigenvalue weighted by molar-refractivity contribution is 7.99. The maximum absolute atomic E-state index is 12.4. The third kappa shape index (κ3) is 13.4. The third-order valence-corrected chi connectivity index (χ3v) is 7.70. The molecule has 0 aromatic carbocycles. The van der Waals surface area contributed by atoms with E-state index < -0.39 is 17.3 Å². The Hall–Kier alpha value is -0.710. The summed E-state index contributed by atoms with van der Waals surface area (Å²) in [5.74, 6) is 1.46. The second-order valence-electron chi connectivity index (χ2n) is 10.6. The summed E-state index contributed by atoms with van der Waals surface area (Å²) in [4.78, 5) is 23.5. The van der Waals surface area contributed by atoms with Crippen molar-refractivity contribution in [1.29, 1.82) is 0 Å². The summed E-state index contributed by atoms with van der Waals surface area (Å²) in [6.07, 6.45) is 12.2. The van der Waals surface area contributed by atoms with Gasteiger partial charge in [0.05, 0.1) is 5.92 Å². The van der Waals surface area contributed by atoms with E-state index in [0.29, 0.717) is 18.4 Å². The number of rotatable bonds is 19. The summed E-state index contributed by atoms with van der Waals surface area (Å²) in [6.45, 7) is 15.4. The van der Waals surface area contributed by atoms with Crippen molar-refractivity contribution in [3.63, 3.8) is 0 Å². The summed E-state index contributed by atoms with van der Waals surface area (Å²) in [7, 11) is 0. The van der Waals surface area contributed by atoms with Crippen molar-refractivity contribution in [3.05, 3.63) is 0 Å². The molecule has 0 fully saturated rings. The van der Waals surface area contributed by atoms with Gasteiger partial charge in [-0.2, -0.15) is 11.8 Å². The van der Waals surface area contributed by atoms with Gasteiger partial charge < -0.3 is 10.4 Å². The number of nitrogens with one attached hydrogen (secondary N) is 1. The molecule has 0 bridgehead atoms. The van der Waals surface area contributed by atoms with Crippen LogP contribution in [0.25, 0.3) is 0 Å². The molecule has 0 saturated heterocycles. The summed E-state index contributed by atoms with van der Waals surface area (Å²) >= 11 is 1.91. The highest BCUT2D eigenvalue weighted by Gasteiger charge is 2.31. The van der Waals surface area contributed by atoms with Crippen molar-refractivity contribution in [2.24, 2.45) is 22.7 Å². The van der Waals surface area contributed by atoms with E-state index in [2.05, 4.69) is 33.0 Å². The molecular formula is C26H51NO3S. The van der Waals surface area contributed by atoms with Gasteiger partial charge in [-0.25, -0.2) is 0 Å². The van der Waals surface area contributed by atoms with Crippen LogP contribution in [-0.2, 0) is 9.59 Å². The Balaban J connectivity index is 4.22. The molecule has 0 aromatic heterocycles. The Morgan fingerprint density at radius 1 is 0.935 bits per heavy atom. The number of hydrogen-bond acceptors (Lipinski definition) is 3. The molecule has 0 radical (unpaired) electrons. The smallest absolute Gasteiger partial charge is 0.306 e. The number of aliphatic carboxylic acids is 1. The highest BCUT2D eigenvalue weighted by Crippen LogP contribution is 2.38. The van der Waals surface area contributed by atoms with Gasteiger partial charge in [0.15, 0.2) is 0 Å². The second-order valence-corrected chi connectivity index (χ2v) is 11.8. The lowest BCUT2D eigenvalue weighted by molar-refractivity contribution is -0.143. The lowest BCUT2D eigenvalue weighted by Crippen LogP contribution is -2.39. The Morgan fingerprint density at radius 3 is 2.16 bits per heavy atom. The summed E-state index contributed by atoms with van der Waals surface area (Å²) in [6, 6.07) is 0. The van der Waals surface area contributed by atoms with E-state index in [1.807, 2.05) is 25.6 Å². The lowest BCUT2D eigenvalue weighted by atomic mass is 9.71. The number of amides is 1. The molecule has 0 aliphatic carbocycles. The molecule has 184 valence electrons. The van der Waals surface area contributed by atoms with E-state index in [9.17, 15) is 9.59 Å². The molecular weight excluding hydrogens is 406 g/mol. The maximum atomic E-state index is 12.4. The van der Waals surface area contributed by atoms with Crippen LogP contribution in [0.3, 0.4) is 0 Å². The van der Waals surface area contributed by atoms with Gasteiger partial charge in [-0.3, -0.25) is 9.59 Å². The number of carbonyl (C=O) groups is 2. The van der Waals surface area contributed by atoms with Gasteiger partial charge in [-0.05, 0) is 49.2 Å². The van der Waals surface area contributed by atoms with E-state index in [0.717, 1.165) is 17.4 Å². The zero-order valence-electron chi connectivity index (χ0n) is 21.5. The summed E-state index contributed by atoms with van der Waals surface area (Å²) in [5, 5.41) is 12.1. The minimum Gasteiger partial charge on any atom is -0.481 e. The molecule has 4 nitrogen and oxygen atoms in total. The van der Waals surface area contributed by atoms with Gasteiger partial charge in [-0.1, -0.05) is 80.6 Å².